The van der Waals surface area contributed by atoms with E-state index < -0.39 is 8.80 Å². The van der Waals surface area contributed by atoms with Crippen molar-refractivity contribution < 1.29 is 23.1 Å². The van der Waals surface area contributed by atoms with Crippen molar-refractivity contribution in [2.24, 2.45) is 0 Å². The van der Waals surface area contributed by atoms with Gasteiger partial charge in [-0.25, -0.2) is 9.78 Å². The minimum absolute atomic E-state index is 0.709. The molecule has 0 atom stereocenters. The van der Waals surface area contributed by atoms with Gasteiger partial charge in [0.1, 0.15) is 0 Å². The van der Waals surface area contributed by atoms with Crippen LogP contribution in [0, 0.1) is 0 Å². The molecule has 0 radical (unpaired) electrons. The van der Waals surface area contributed by atoms with Gasteiger partial charge in [0.25, 0.3) is 0 Å². The Bertz CT molecular complexity index is 204. The first kappa shape index (κ1) is 21.0. The van der Waals surface area contributed by atoms with Crippen LogP contribution in [0.2, 0.25) is 6.04 Å². The molecular weight excluding hydrogens is 288 g/mol. The maximum Gasteiger partial charge on any atom is 0.500 e. The summed E-state index contributed by atoms with van der Waals surface area (Å²) in [6.45, 7) is 0.709. The Kier molecular flexibility index (Phi) is 14.9. The summed E-state index contributed by atoms with van der Waals surface area (Å²) < 4.78 is 16.2. The zero-order valence-corrected chi connectivity index (χ0v) is 15.3. The molecule has 0 aromatic heterocycles. The van der Waals surface area contributed by atoms with Crippen LogP contribution in [0.1, 0.15) is 57.8 Å². The van der Waals surface area contributed by atoms with Gasteiger partial charge in [-0.15, -0.1) is 0 Å². The lowest BCUT2D eigenvalue weighted by Gasteiger charge is -2.24. The van der Waals surface area contributed by atoms with Gasteiger partial charge in [-0.05, 0) is 12.8 Å². The van der Waals surface area contributed by atoms with Crippen LogP contribution in [0.5, 0.6) is 0 Å². The van der Waals surface area contributed by atoms with Crippen molar-refractivity contribution in [3.63, 3.8) is 0 Å². The quantitative estimate of drug-likeness (QED) is 0.186. The maximum atomic E-state index is 5.41. The topological polar surface area (TPSA) is 46.2 Å². The Morgan fingerprint density at radius 2 is 1.00 bits per heavy atom. The van der Waals surface area contributed by atoms with Gasteiger partial charge in [0, 0.05) is 27.4 Å². The first-order chi connectivity index (χ1) is 10.2. The summed E-state index contributed by atoms with van der Waals surface area (Å²) in [5.41, 5.74) is 0. The van der Waals surface area contributed by atoms with E-state index in [1.807, 2.05) is 0 Å². The van der Waals surface area contributed by atoms with Crippen LogP contribution in [0.15, 0.2) is 0 Å². The predicted octanol–water partition coefficient (Wildman–Crippen LogP) is 3.95. The molecule has 5 nitrogen and oxygen atoms in total. The molecule has 0 aliphatic heterocycles. The second-order valence-corrected chi connectivity index (χ2v) is 8.31. The normalized spacial score (nSPS) is 12.0. The van der Waals surface area contributed by atoms with Gasteiger partial charge in [-0.1, -0.05) is 44.9 Å². The molecule has 0 saturated heterocycles. The van der Waals surface area contributed by atoms with E-state index in [4.69, 9.17) is 18.2 Å². The average molecular weight is 323 g/mol. The maximum absolute atomic E-state index is 5.41. The van der Waals surface area contributed by atoms with Crippen molar-refractivity contribution in [1.82, 2.24) is 0 Å². The predicted molar refractivity (Wildman–Crippen MR) is 86.1 cm³/mol. The number of hydrogen-bond acceptors (Lipinski definition) is 5. The molecule has 0 spiro atoms. The fourth-order valence-electron chi connectivity index (χ4n) is 2.38. The van der Waals surface area contributed by atoms with E-state index in [-0.39, 0.29) is 0 Å². The van der Waals surface area contributed by atoms with Gasteiger partial charge >= 0.3 is 8.80 Å². The van der Waals surface area contributed by atoms with Crippen molar-refractivity contribution >= 4 is 8.80 Å². The molecule has 0 fully saturated rings. The molecule has 6 heteroatoms. The van der Waals surface area contributed by atoms with E-state index in [2.05, 4.69) is 4.89 Å². The van der Waals surface area contributed by atoms with Crippen molar-refractivity contribution in [3.05, 3.63) is 0 Å². The fourth-order valence-corrected chi connectivity index (χ4v) is 4.17. The summed E-state index contributed by atoms with van der Waals surface area (Å²) in [5.74, 6) is 0. The first-order valence-electron chi connectivity index (χ1n) is 8.05. The lowest BCUT2D eigenvalue weighted by molar-refractivity contribution is -0.272. The van der Waals surface area contributed by atoms with Gasteiger partial charge in [0.15, 0.2) is 0 Å². The van der Waals surface area contributed by atoms with E-state index in [1.54, 1.807) is 28.4 Å². The van der Waals surface area contributed by atoms with Gasteiger partial charge < -0.3 is 13.3 Å². The van der Waals surface area contributed by atoms with E-state index in [1.165, 1.54) is 44.9 Å². The highest BCUT2D eigenvalue weighted by Gasteiger charge is 2.36. The third-order valence-corrected chi connectivity index (χ3v) is 6.59. The lowest BCUT2D eigenvalue weighted by atomic mass is 10.1. The fraction of sp³-hybridized carbons (Fsp3) is 1.00. The molecule has 0 unspecified atom stereocenters. The molecule has 0 aliphatic carbocycles. The Labute approximate surface area is 131 Å². The molecule has 0 saturated carbocycles. The smallest absolute Gasteiger partial charge is 0.377 e. The minimum Gasteiger partial charge on any atom is -0.377 e. The van der Waals surface area contributed by atoms with Crippen LogP contribution in [0.25, 0.3) is 0 Å². The standard InChI is InChI=1S/C15H34O5Si/c1-16-20-14-12-10-8-6-5-7-9-11-13-15-21(17-2,18-3)19-4/h5-15H2,1-4H3. The molecule has 128 valence electrons. The molecule has 0 aromatic rings. The summed E-state index contributed by atoms with van der Waals surface area (Å²) in [6, 6.07) is 0.913. The molecule has 0 heterocycles. The largest absolute Gasteiger partial charge is 0.500 e. The van der Waals surface area contributed by atoms with Crippen LogP contribution >= 0.6 is 0 Å². The van der Waals surface area contributed by atoms with Crippen molar-refractivity contribution in [2.75, 3.05) is 35.0 Å². The summed E-state index contributed by atoms with van der Waals surface area (Å²) in [7, 11) is 4.25. The van der Waals surface area contributed by atoms with Crippen LogP contribution in [0.3, 0.4) is 0 Å². The van der Waals surface area contributed by atoms with E-state index in [0.29, 0.717) is 6.61 Å². The van der Waals surface area contributed by atoms with Gasteiger partial charge in [-0.3, -0.25) is 0 Å². The summed E-state index contributed by atoms with van der Waals surface area (Å²) in [5, 5.41) is 0. The highest BCUT2D eigenvalue weighted by atomic mass is 28.4. The monoisotopic (exact) mass is 322 g/mol. The van der Waals surface area contributed by atoms with Crippen LogP contribution in [0.4, 0.5) is 0 Å². The van der Waals surface area contributed by atoms with Crippen LogP contribution in [-0.2, 0) is 23.1 Å². The number of rotatable bonds is 16. The molecule has 0 N–H and O–H groups in total. The molecule has 0 amide bonds. The Hall–Kier alpha value is 0.0169. The van der Waals surface area contributed by atoms with E-state index >= 15 is 0 Å². The zero-order chi connectivity index (χ0) is 15.8. The highest BCUT2D eigenvalue weighted by Crippen LogP contribution is 2.18. The van der Waals surface area contributed by atoms with E-state index in [0.717, 1.165) is 18.9 Å². The summed E-state index contributed by atoms with van der Waals surface area (Å²) >= 11 is 0. The summed E-state index contributed by atoms with van der Waals surface area (Å²) in [6.07, 6.45) is 11.2. The lowest BCUT2D eigenvalue weighted by Crippen LogP contribution is -2.42. The van der Waals surface area contributed by atoms with E-state index in [9.17, 15) is 0 Å². The second kappa shape index (κ2) is 14.9. The van der Waals surface area contributed by atoms with Crippen LogP contribution < -0.4 is 0 Å². The molecular formula is C15H34O5Si. The SMILES string of the molecule is COOCCCCCCCCCCC[Si](OC)(OC)OC. The van der Waals surface area contributed by atoms with Gasteiger partial charge in [0.2, 0.25) is 0 Å². The Balaban J connectivity index is 3.29. The second-order valence-electron chi connectivity index (χ2n) is 5.22. The third-order valence-electron chi connectivity index (χ3n) is 3.76. The van der Waals surface area contributed by atoms with Gasteiger partial charge in [-0.2, -0.15) is 0 Å². The minimum atomic E-state index is -2.34. The number of hydrogen-bond donors (Lipinski definition) is 0. The molecule has 0 rings (SSSR count). The molecule has 0 aliphatic rings. The Morgan fingerprint density at radius 1 is 0.571 bits per heavy atom. The molecule has 0 aromatic carbocycles. The number of unbranched alkanes of at least 4 members (excludes halogenated alkanes) is 8. The molecule has 0 bridgehead atoms. The van der Waals surface area contributed by atoms with Gasteiger partial charge in [0.05, 0.1) is 13.7 Å². The highest BCUT2D eigenvalue weighted by molar-refractivity contribution is 6.60. The third kappa shape index (κ3) is 11.3. The Morgan fingerprint density at radius 3 is 1.43 bits per heavy atom. The average Bonchev–Trinajstić information content (AvgIpc) is 2.53. The zero-order valence-electron chi connectivity index (χ0n) is 14.3. The first-order valence-corrected chi connectivity index (χ1v) is 9.99. The van der Waals surface area contributed by atoms with Crippen molar-refractivity contribution in [3.8, 4) is 0 Å². The van der Waals surface area contributed by atoms with Crippen molar-refractivity contribution in [1.29, 1.82) is 0 Å². The molecule has 21 heavy (non-hydrogen) atoms. The van der Waals surface area contributed by atoms with Crippen molar-refractivity contribution in [2.45, 2.75) is 63.8 Å². The summed E-state index contributed by atoms with van der Waals surface area (Å²) in [4.78, 5) is 9.38. The van der Waals surface area contributed by atoms with Crippen LogP contribution in [-0.4, -0.2) is 43.9 Å².